The van der Waals surface area contributed by atoms with Crippen LogP contribution in [0.1, 0.15) is 50.1 Å². The summed E-state index contributed by atoms with van der Waals surface area (Å²) in [5, 5.41) is 2.86. The predicted octanol–water partition coefficient (Wildman–Crippen LogP) is 2.21. The number of urea groups is 1. The standard InChI is InChI=1S/C19H23N3O3/c23-16(21-12-9-15(21)14-7-3-1-4-8-14)13-22-17(24)19(20-18(22)25)10-5-2-6-11-19/h1,3-4,7-8,15H,2,5-6,9-13H2,(H,20,25)/t15-/m1/s1. The summed E-state index contributed by atoms with van der Waals surface area (Å²) >= 11 is 0. The van der Waals surface area contributed by atoms with Crippen LogP contribution in [0.25, 0.3) is 0 Å². The lowest BCUT2D eigenvalue weighted by Gasteiger charge is -2.42. The number of rotatable bonds is 3. The highest BCUT2D eigenvalue weighted by molar-refractivity contribution is 6.09. The Hall–Kier alpha value is -2.37. The highest BCUT2D eigenvalue weighted by atomic mass is 16.2. The Balaban J connectivity index is 1.44. The first-order valence-corrected chi connectivity index (χ1v) is 9.09. The predicted molar refractivity (Wildman–Crippen MR) is 91.6 cm³/mol. The van der Waals surface area contributed by atoms with E-state index in [1.807, 2.05) is 30.3 Å². The molecule has 2 aliphatic heterocycles. The summed E-state index contributed by atoms with van der Waals surface area (Å²) in [5.74, 6) is -0.376. The van der Waals surface area contributed by atoms with Crippen LogP contribution in [0.5, 0.6) is 0 Å². The van der Waals surface area contributed by atoms with E-state index in [-0.39, 0.29) is 24.4 Å². The monoisotopic (exact) mass is 341 g/mol. The highest BCUT2D eigenvalue weighted by Crippen LogP contribution is 2.35. The van der Waals surface area contributed by atoms with Crippen molar-refractivity contribution >= 4 is 17.8 Å². The second-order valence-corrected chi connectivity index (χ2v) is 7.27. The van der Waals surface area contributed by atoms with Crippen molar-refractivity contribution in [1.82, 2.24) is 15.1 Å². The molecule has 2 heterocycles. The van der Waals surface area contributed by atoms with E-state index in [2.05, 4.69) is 5.32 Å². The lowest BCUT2D eigenvalue weighted by molar-refractivity contribution is -0.144. The largest absolute Gasteiger partial charge is 0.334 e. The number of likely N-dealkylation sites (tertiary alicyclic amines) is 1. The van der Waals surface area contributed by atoms with Gasteiger partial charge in [-0.25, -0.2) is 4.79 Å². The van der Waals surface area contributed by atoms with E-state index >= 15 is 0 Å². The molecule has 1 atom stereocenters. The van der Waals surface area contributed by atoms with Gasteiger partial charge in [0.1, 0.15) is 12.1 Å². The van der Waals surface area contributed by atoms with Gasteiger partial charge in [0.05, 0.1) is 6.04 Å². The summed E-state index contributed by atoms with van der Waals surface area (Å²) in [6.45, 7) is 0.517. The van der Waals surface area contributed by atoms with E-state index in [9.17, 15) is 14.4 Å². The molecule has 0 radical (unpaired) electrons. The van der Waals surface area contributed by atoms with Gasteiger partial charge in [0.15, 0.2) is 0 Å². The molecular weight excluding hydrogens is 318 g/mol. The fourth-order valence-electron chi connectivity index (χ4n) is 4.25. The summed E-state index contributed by atoms with van der Waals surface area (Å²) in [5.41, 5.74) is 0.340. The second-order valence-electron chi connectivity index (χ2n) is 7.27. The van der Waals surface area contributed by atoms with Crippen molar-refractivity contribution in [3.05, 3.63) is 35.9 Å². The van der Waals surface area contributed by atoms with Crippen LogP contribution in [0.15, 0.2) is 30.3 Å². The number of hydrogen-bond acceptors (Lipinski definition) is 3. The lowest BCUT2D eigenvalue weighted by Crippen LogP contribution is -2.51. The molecule has 0 aromatic heterocycles. The van der Waals surface area contributed by atoms with Crippen LogP contribution in [-0.4, -0.2) is 46.3 Å². The fourth-order valence-corrected chi connectivity index (χ4v) is 4.25. The van der Waals surface area contributed by atoms with Gasteiger partial charge in [-0.3, -0.25) is 14.5 Å². The number of benzene rings is 1. The normalized spacial score (nSPS) is 25.0. The average molecular weight is 341 g/mol. The molecule has 4 rings (SSSR count). The molecule has 6 heteroatoms. The smallest absolute Gasteiger partial charge is 0.325 e. The van der Waals surface area contributed by atoms with Crippen LogP contribution in [0.3, 0.4) is 0 Å². The number of nitrogens with zero attached hydrogens (tertiary/aromatic N) is 2. The van der Waals surface area contributed by atoms with Gasteiger partial charge in [0.25, 0.3) is 5.91 Å². The first-order chi connectivity index (χ1) is 12.1. The zero-order valence-corrected chi connectivity index (χ0v) is 14.2. The fraction of sp³-hybridized carbons (Fsp3) is 0.526. The highest BCUT2D eigenvalue weighted by Gasteiger charge is 2.52. The van der Waals surface area contributed by atoms with Gasteiger partial charge in [-0.15, -0.1) is 0 Å². The number of nitrogens with one attached hydrogen (secondary N) is 1. The molecule has 0 bridgehead atoms. The zero-order chi connectivity index (χ0) is 17.4. The van der Waals surface area contributed by atoms with Gasteiger partial charge in [0.2, 0.25) is 5.91 Å². The minimum absolute atomic E-state index is 0.0538. The first kappa shape index (κ1) is 16.1. The molecule has 25 heavy (non-hydrogen) atoms. The second kappa shape index (κ2) is 6.17. The summed E-state index contributed by atoms with van der Waals surface area (Å²) in [6, 6.07) is 9.52. The number of imide groups is 1. The number of carbonyl (C=O) groups excluding carboxylic acids is 3. The Morgan fingerprint density at radius 3 is 2.48 bits per heavy atom. The molecule has 1 saturated carbocycles. The third kappa shape index (κ3) is 2.69. The Kier molecular flexibility index (Phi) is 3.98. The van der Waals surface area contributed by atoms with Gasteiger partial charge >= 0.3 is 6.03 Å². The van der Waals surface area contributed by atoms with Gasteiger partial charge in [0, 0.05) is 6.54 Å². The molecule has 2 saturated heterocycles. The molecule has 4 amide bonds. The van der Waals surface area contributed by atoms with Gasteiger partial charge < -0.3 is 10.2 Å². The molecule has 1 N–H and O–H groups in total. The lowest BCUT2D eigenvalue weighted by atomic mass is 9.82. The number of carbonyl (C=O) groups is 3. The number of hydrogen-bond donors (Lipinski definition) is 1. The summed E-state index contributed by atoms with van der Waals surface area (Å²) in [6.07, 6.45) is 5.25. The molecule has 1 aromatic carbocycles. The molecule has 3 aliphatic rings. The first-order valence-electron chi connectivity index (χ1n) is 9.09. The maximum absolute atomic E-state index is 12.8. The van der Waals surface area contributed by atoms with E-state index in [0.717, 1.165) is 36.1 Å². The van der Waals surface area contributed by atoms with Crippen molar-refractivity contribution in [1.29, 1.82) is 0 Å². The molecule has 132 valence electrons. The van der Waals surface area contributed by atoms with E-state index in [1.54, 1.807) is 4.90 Å². The molecular formula is C19H23N3O3. The topological polar surface area (TPSA) is 69.7 Å². The quantitative estimate of drug-likeness (QED) is 0.857. The van der Waals surface area contributed by atoms with Crippen LogP contribution < -0.4 is 5.32 Å². The van der Waals surface area contributed by atoms with Crippen molar-refractivity contribution in [3.63, 3.8) is 0 Å². The Bertz CT molecular complexity index is 697. The minimum Gasteiger partial charge on any atom is -0.334 e. The SMILES string of the molecule is O=C1NC2(CCCCC2)C(=O)N1CC(=O)N1CC[C@@H]1c1ccccc1. The van der Waals surface area contributed by atoms with Crippen molar-refractivity contribution < 1.29 is 14.4 Å². The zero-order valence-electron chi connectivity index (χ0n) is 14.2. The molecule has 1 aliphatic carbocycles. The molecule has 1 aromatic rings. The summed E-state index contributed by atoms with van der Waals surface area (Å²) in [7, 11) is 0. The third-order valence-corrected chi connectivity index (χ3v) is 5.77. The Morgan fingerprint density at radius 2 is 1.84 bits per heavy atom. The van der Waals surface area contributed by atoms with Gasteiger partial charge in [-0.2, -0.15) is 0 Å². The van der Waals surface area contributed by atoms with E-state index < -0.39 is 11.6 Å². The molecule has 1 spiro atoms. The van der Waals surface area contributed by atoms with Crippen LogP contribution in [0.4, 0.5) is 4.79 Å². The van der Waals surface area contributed by atoms with E-state index in [1.165, 1.54) is 0 Å². The number of amides is 4. The maximum atomic E-state index is 12.8. The maximum Gasteiger partial charge on any atom is 0.325 e. The van der Waals surface area contributed by atoms with Crippen LogP contribution >= 0.6 is 0 Å². The van der Waals surface area contributed by atoms with Gasteiger partial charge in [-0.1, -0.05) is 49.6 Å². The summed E-state index contributed by atoms with van der Waals surface area (Å²) in [4.78, 5) is 40.6. The molecule has 6 nitrogen and oxygen atoms in total. The van der Waals surface area contributed by atoms with Gasteiger partial charge in [-0.05, 0) is 24.8 Å². The van der Waals surface area contributed by atoms with Crippen LogP contribution in [0.2, 0.25) is 0 Å². The molecule has 3 fully saturated rings. The van der Waals surface area contributed by atoms with Crippen molar-refractivity contribution in [2.75, 3.05) is 13.1 Å². The van der Waals surface area contributed by atoms with Crippen molar-refractivity contribution in [3.8, 4) is 0 Å². The van der Waals surface area contributed by atoms with Crippen LogP contribution in [0, 0.1) is 0 Å². The average Bonchev–Trinajstić information content (AvgIpc) is 2.80. The minimum atomic E-state index is -0.761. The Morgan fingerprint density at radius 1 is 1.12 bits per heavy atom. The third-order valence-electron chi connectivity index (χ3n) is 5.77. The van der Waals surface area contributed by atoms with Crippen LogP contribution in [-0.2, 0) is 9.59 Å². The van der Waals surface area contributed by atoms with Crippen molar-refractivity contribution in [2.24, 2.45) is 0 Å². The Labute approximate surface area is 147 Å². The summed E-state index contributed by atoms with van der Waals surface area (Å²) < 4.78 is 0. The molecule has 0 unspecified atom stereocenters. The van der Waals surface area contributed by atoms with Crippen molar-refractivity contribution in [2.45, 2.75) is 50.1 Å². The van der Waals surface area contributed by atoms with E-state index in [0.29, 0.717) is 19.4 Å². The van der Waals surface area contributed by atoms with E-state index in [4.69, 9.17) is 0 Å².